The molecule has 0 N–H and O–H groups in total. The van der Waals surface area contributed by atoms with Crippen LogP contribution in [0.2, 0.25) is 0 Å². The quantitative estimate of drug-likeness (QED) is 0.586. The number of benzene rings is 1. The monoisotopic (exact) mass is 369 g/mol. The Balaban J connectivity index is 1.33. The molecule has 4 rings (SSSR count). The van der Waals surface area contributed by atoms with Crippen LogP contribution in [0.3, 0.4) is 0 Å². The normalized spacial score (nSPS) is 22.0. The molecule has 1 aromatic heterocycles. The summed E-state index contributed by atoms with van der Waals surface area (Å²) in [6, 6.07) is 9.22. The predicted molar refractivity (Wildman–Crippen MR) is 91.7 cm³/mol. The fourth-order valence-corrected chi connectivity index (χ4v) is 3.71. The van der Waals surface area contributed by atoms with Crippen molar-refractivity contribution in [2.24, 2.45) is 11.8 Å². The van der Waals surface area contributed by atoms with Gasteiger partial charge in [0.25, 0.3) is 5.89 Å². The average molecular weight is 369 g/mol. The average Bonchev–Trinajstić information content (AvgIpc) is 3.27. The molecule has 2 atom stereocenters. The molecular formula is C19H19N3O5. The van der Waals surface area contributed by atoms with E-state index in [-0.39, 0.29) is 42.7 Å². The summed E-state index contributed by atoms with van der Waals surface area (Å²) in [6.45, 7) is -0.577. The first-order chi connectivity index (χ1) is 13.1. The molecule has 2 fully saturated rings. The number of hydrogen-bond donors (Lipinski definition) is 0. The highest BCUT2D eigenvalue weighted by atomic mass is 16.5. The third kappa shape index (κ3) is 3.47. The first-order valence-electron chi connectivity index (χ1n) is 9.02. The molecule has 0 radical (unpaired) electrons. The van der Waals surface area contributed by atoms with Crippen LogP contribution in [0, 0.1) is 11.8 Å². The number of amides is 2. The van der Waals surface area contributed by atoms with Crippen LogP contribution in [0.1, 0.15) is 31.6 Å². The van der Waals surface area contributed by atoms with Crippen molar-refractivity contribution < 1.29 is 23.5 Å². The van der Waals surface area contributed by atoms with E-state index in [0.29, 0.717) is 18.7 Å². The molecule has 140 valence electrons. The van der Waals surface area contributed by atoms with Crippen LogP contribution in [0.15, 0.2) is 34.7 Å². The Morgan fingerprint density at radius 2 is 1.74 bits per heavy atom. The van der Waals surface area contributed by atoms with Crippen molar-refractivity contribution >= 4 is 17.8 Å². The number of carbonyl (C=O) groups excluding carboxylic acids is 3. The van der Waals surface area contributed by atoms with Crippen molar-refractivity contribution in [2.45, 2.75) is 32.3 Å². The van der Waals surface area contributed by atoms with E-state index in [1.54, 1.807) is 0 Å². The van der Waals surface area contributed by atoms with Crippen LogP contribution in [0.25, 0.3) is 11.5 Å². The minimum atomic E-state index is -0.671. The summed E-state index contributed by atoms with van der Waals surface area (Å²) in [7, 11) is 0. The lowest BCUT2D eigenvalue weighted by Gasteiger charge is -2.19. The first kappa shape index (κ1) is 17.4. The number of rotatable bonds is 5. The summed E-state index contributed by atoms with van der Waals surface area (Å²) in [6.07, 6.45) is 3.31. The van der Waals surface area contributed by atoms with Crippen LogP contribution >= 0.6 is 0 Å². The number of imide groups is 1. The number of hydrogen-bond acceptors (Lipinski definition) is 7. The lowest BCUT2D eigenvalue weighted by molar-refractivity contribution is -0.154. The molecule has 8 heteroatoms. The van der Waals surface area contributed by atoms with Crippen LogP contribution in [0.4, 0.5) is 0 Å². The Labute approximate surface area is 155 Å². The Morgan fingerprint density at radius 3 is 2.41 bits per heavy atom. The van der Waals surface area contributed by atoms with E-state index in [4.69, 9.17) is 9.15 Å². The molecule has 1 aromatic carbocycles. The van der Waals surface area contributed by atoms with Crippen molar-refractivity contribution in [1.82, 2.24) is 15.1 Å². The SMILES string of the molecule is O=C(CN1C(=O)[C@H]2CCCC[C@@H]2C1=O)OCc1nnc(-c2ccccc2)o1. The summed E-state index contributed by atoms with van der Waals surface area (Å²) in [5.74, 6) is -1.26. The van der Waals surface area contributed by atoms with Gasteiger partial charge in [-0.25, -0.2) is 0 Å². The van der Waals surface area contributed by atoms with Gasteiger partial charge in [0.2, 0.25) is 17.7 Å². The third-order valence-corrected chi connectivity index (χ3v) is 5.06. The van der Waals surface area contributed by atoms with Gasteiger partial charge in [0.1, 0.15) is 6.54 Å². The molecule has 2 amide bonds. The molecule has 2 heterocycles. The lowest BCUT2D eigenvalue weighted by atomic mass is 9.81. The van der Waals surface area contributed by atoms with Gasteiger partial charge in [-0.05, 0) is 25.0 Å². The summed E-state index contributed by atoms with van der Waals surface area (Å²) in [5.41, 5.74) is 0.762. The van der Waals surface area contributed by atoms with E-state index in [9.17, 15) is 14.4 Å². The van der Waals surface area contributed by atoms with Crippen molar-refractivity contribution in [3.8, 4) is 11.5 Å². The maximum atomic E-state index is 12.4. The van der Waals surface area contributed by atoms with Gasteiger partial charge in [0.05, 0.1) is 11.8 Å². The maximum Gasteiger partial charge on any atom is 0.326 e. The highest BCUT2D eigenvalue weighted by molar-refractivity contribution is 6.07. The van der Waals surface area contributed by atoms with E-state index in [0.717, 1.165) is 23.3 Å². The largest absolute Gasteiger partial charge is 0.454 e. The molecule has 1 saturated heterocycles. The van der Waals surface area contributed by atoms with E-state index in [2.05, 4.69) is 10.2 Å². The number of carbonyl (C=O) groups is 3. The Bertz CT molecular complexity index is 839. The third-order valence-electron chi connectivity index (χ3n) is 5.06. The highest BCUT2D eigenvalue weighted by Crippen LogP contribution is 2.37. The van der Waals surface area contributed by atoms with Gasteiger partial charge in [0.15, 0.2) is 6.61 Å². The minimum absolute atomic E-state index is 0.148. The van der Waals surface area contributed by atoms with Crippen molar-refractivity contribution in [1.29, 1.82) is 0 Å². The van der Waals surface area contributed by atoms with Crippen LogP contribution in [0.5, 0.6) is 0 Å². The summed E-state index contributed by atoms with van der Waals surface area (Å²) in [4.78, 5) is 37.9. The molecule has 0 bridgehead atoms. The Hall–Kier alpha value is -3.03. The number of likely N-dealkylation sites (tertiary alicyclic amines) is 1. The number of esters is 1. The molecule has 0 spiro atoms. The predicted octanol–water partition coefficient (Wildman–Crippen LogP) is 1.95. The molecular weight excluding hydrogens is 350 g/mol. The van der Waals surface area contributed by atoms with E-state index in [1.165, 1.54) is 0 Å². The van der Waals surface area contributed by atoms with Crippen molar-refractivity contribution in [3.05, 3.63) is 36.2 Å². The fraction of sp³-hybridized carbons (Fsp3) is 0.421. The Kier molecular flexibility index (Phi) is 4.70. The molecule has 2 aliphatic rings. The van der Waals surface area contributed by atoms with E-state index < -0.39 is 5.97 Å². The standard InChI is InChI=1S/C19H19N3O5/c23-16(10-22-18(24)13-8-4-5-9-14(13)19(22)25)26-11-15-20-21-17(27-15)12-6-2-1-3-7-12/h1-3,6-7,13-14H,4-5,8-11H2/t13-,14-/m0/s1. The second-order valence-electron chi connectivity index (χ2n) is 6.79. The molecule has 1 aliphatic heterocycles. The first-order valence-corrected chi connectivity index (χ1v) is 9.02. The maximum absolute atomic E-state index is 12.4. The van der Waals surface area contributed by atoms with Gasteiger partial charge in [-0.1, -0.05) is 31.0 Å². The van der Waals surface area contributed by atoms with Gasteiger partial charge < -0.3 is 9.15 Å². The van der Waals surface area contributed by atoms with Gasteiger partial charge in [-0.2, -0.15) is 0 Å². The molecule has 27 heavy (non-hydrogen) atoms. The number of aromatic nitrogens is 2. The fourth-order valence-electron chi connectivity index (χ4n) is 3.71. The van der Waals surface area contributed by atoms with Gasteiger partial charge in [0, 0.05) is 5.56 Å². The topological polar surface area (TPSA) is 103 Å². The van der Waals surface area contributed by atoms with E-state index >= 15 is 0 Å². The second-order valence-corrected chi connectivity index (χ2v) is 6.79. The smallest absolute Gasteiger partial charge is 0.326 e. The molecule has 1 aliphatic carbocycles. The zero-order chi connectivity index (χ0) is 18.8. The Morgan fingerprint density at radius 1 is 1.07 bits per heavy atom. The molecule has 0 unspecified atom stereocenters. The zero-order valence-corrected chi connectivity index (χ0v) is 14.7. The number of ether oxygens (including phenoxy) is 1. The number of nitrogens with zero attached hydrogens (tertiary/aromatic N) is 3. The van der Waals surface area contributed by atoms with Gasteiger partial charge in [-0.15, -0.1) is 10.2 Å². The van der Waals surface area contributed by atoms with Gasteiger partial charge in [-0.3, -0.25) is 19.3 Å². The van der Waals surface area contributed by atoms with Crippen LogP contribution < -0.4 is 0 Å². The molecule has 1 saturated carbocycles. The van der Waals surface area contributed by atoms with Crippen molar-refractivity contribution in [3.63, 3.8) is 0 Å². The summed E-state index contributed by atoms with van der Waals surface area (Å²) in [5, 5.41) is 7.76. The summed E-state index contributed by atoms with van der Waals surface area (Å²) < 4.78 is 10.6. The van der Waals surface area contributed by atoms with Crippen LogP contribution in [-0.4, -0.2) is 39.4 Å². The van der Waals surface area contributed by atoms with Gasteiger partial charge >= 0.3 is 5.97 Å². The molecule has 2 aromatic rings. The van der Waals surface area contributed by atoms with Crippen LogP contribution in [-0.2, 0) is 25.7 Å². The minimum Gasteiger partial charge on any atom is -0.454 e. The molecule has 8 nitrogen and oxygen atoms in total. The lowest BCUT2D eigenvalue weighted by Crippen LogP contribution is -2.36. The summed E-state index contributed by atoms with van der Waals surface area (Å²) >= 11 is 0. The zero-order valence-electron chi connectivity index (χ0n) is 14.7. The second kappa shape index (κ2) is 7.30. The highest BCUT2D eigenvalue weighted by Gasteiger charge is 2.48. The van der Waals surface area contributed by atoms with E-state index in [1.807, 2.05) is 30.3 Å². The number of fused-ring (bicyclic) bond motifs is 1. The van der Waals surface area contributed by atoms with Crippen molar-refractivity contribution in [2.75, 3.05) is 6.54 Å².